The number of nitro benzene ring substituents is 1. The number of nitrogens with one attached hydrogen (secondary N) is 1. The van der Waals surface area contributed by atoms with Gasteiger partial charge in [0.1, 0.15) is 5.69 Å². The van der Waals surface area contributed by atoms with E-state index in [1.807, 2.05) is 27.0 Å². The van der Waals surface area contributed by atoms with E-state index in [0.717, 1.165) is 5.69 Å². The van der Waals surface area contributed by atoms with Gasteiger partial charge in [-0.1, -0.05) is 16.8 Å². The topological polar surface area (TPSA) is 85.9 Å². The molecule has 0 saturated carbocycles. The van der Waals surface area contributed by atoms with Gasteiger partial charge in [0.25, 0.3) is 5.69 Å². The first-order valence-electron chi connectivity index (χ1n) is 6.37. The Morgan fingerprint density at radius 1 is 1.43 bits per heavy atom. The summed E-state index contributed by atoms with van der Waals surface area (Å²) in [7, 11) is 0. The molecule has 8 heteroatoms. The first kappa shape index (κ1) is 15.2. The molecular formula is C13H16ClN5O2. The average molecular weight is 310 g/mol. The largest absolute Gasteiger partial charge is 0.378 e. The first-order valence-corrected chi connectivity index (χ1v) is 6.74. The second-order valence-corrected chi connectivity index (χ2v) is 6.01. The fraction of sp³-hybridized carbons (Fsp3) is 0.385. The van der Waals surface area contributed by atoms with Gasteiger partial charge in [0, 0.05) is 12.1 Å². The second kappa shape index (κ2) is 5.69. The van der Waals surface area contributed by atoms with Gasteiger partial charge < -0.3 is 5.32 Å². The van der Waals surface area contributed by atoms with E-state index in [1.54, 1.807) is 4.68 Å². The zero-order chi connectivity index (χ0) is 15.6. The van der Waals surface area contributed by atoms with Crippen LogP contribution in [0.2, 0.25) is 5.02 Å². The van der Waals surface area contributed by atoms with E-state index < -0.39 is 4.92 Å². The van der Waals surface area contributed by atoms with Gasteiger partial charge in [-0.05, 0) is 26.8 Å². The zero-order valence-corrected chi connectivity index (χ0v) is 12.8. The number of nitrogens with zero attached hydrogens (tertiary/aromatic N) is 4. The number of hydrogen-bond donors (Lipinski definition) is 1. The van der Waals surface area contributed by atoms with E-state index in [4.69, 9.17) is 11.6 Å². The molecule has 1 heterocycles. The summed E-state index contributed by atoms with van der Waals surface area (Å²) in [4.78, 5) is 10.3. The van der Waals surface area contributed by atoms with E-state index in [2.05, 4.69) is 15.6 Å². The molecule has 2 aromatic rings. The maximum Gasteiger partial charge on any atom is 0.271 e. The van der Waals surface area contributed by atoms with Crippen molar-refractivity contribution in [3.8, 4) is 0 Å². The third-order valence-electron chi connectivity index (χ3n) is 2.85. The lowest BCUT2D eigenvalue weighted by atomic mass is 10.1. The molecule has 21 heavy (non-hydrogen) atoms. The Labute approximate surface area is 127 Å². The van der Waals surface area contributed by atoms with Crippen molar-refractivity contribution in [1.82, 2.24) is 15.0 Å². The minimum atomic E-state index is -0.461. The number of non-ortho nitro benzene ring substituents is 1. The quantitative estimate of drug-likeness (QED) is 0.692. The minimum absolute atomic E-state index is 0.0137. The predicted octanol–water partition coefficient (Wildman–Crippen LogP) is 3.21. The number of hydrogen-bond acceptors (Lipinski definition) is 5. The van der Waals surface area contributed by atoms with Crippen LogP contribution in [0.3, 0.4) is 0 Å². The number of benzene rings is 1. The molecule has 0 aliphatic carbocycles. The Hall–Kier alpha value is -2.15. The summed E-state index contributed by atoms with van der Waals surface area (Å²) in [6.07, 6.45) is 1.83. The van der Waals surface area contributed by atoms with Crippen LogP contribution in [0.4, 0.5) is 11.4 Å². The van der Waals surface area contributed by atoms with E-state index in [9.17, 15) is 10.1 Å². The molecule has 0 bridgehead atoms. The number of nitro groups is 1. The van der Waals surface area contributed by atoms with Crippen LogP contribution in [0.25, 0.3) is 0 Å². The van der Waals surface area contributed by atoms with E-state index >= 15 is 0 Å². The van der Waals surface area contributed by atoms with E-state index in [0.29, 0.717) is 17.3 Å². The Balaban J connectivity index is 2.11. The van der Waals surface area contributed by atoms with Gasteiger partial charge in [0.2, 0.25) is 0 Å². The number of aromatic nitrogens is 3. The molecule has 0 aliphatic rings. The highest BCUT2D eigenvalue weighted by molar-refractivity contribution is 6.33. The molecule has 1 aromatic carbocycles. The summed E-state index contributed by atoms with van der Waals surface area (Å²) in [6, 6.07) is 4.26. The van der Waals surface area contributed by atoms with Crippen molar-refractivity contribution in [2.24, 2.45) is 0 Å². The van der Waals surface area contributed by atoms with Crippen LogP contribution in [0.1, 0.15) is 26.5 Å². The number of halogens is 1. The second-order valence-electron chi connectivity index (χ2n) is 5.60. The van der Waals surface area contributed by atoms with Crippen LogP contribution in [0.5, 0.6) is 0 Å². The van der Waals surface area contributed by atoms with E-state index in [-0.39, 0.29) is 11.2 Å². The third kappa shape index (κ3) is 3.69. The highest BCUT2D eigenvalue weighted by atomic mass is 35.5. The lowest BCUT2D eigenvalue weighted by Gasteiger charge is -2.17. The SMILES string of the molecule is CC(C)(C)n1cc(CNc2cc([N+](=O)[O-])ccc2Cl)nn1. The Morgan fingerprint density at radius 2 is 2.14 bits per heavy atom. The van der Waals surface area contributed by atoms with Gasteiger partial charge in [-0.2, -0.15) is 0 Å². The lowest BCUT2D eigenvalue weighted by Crippen LogP contribution is -2.22. The molecule has 0 aliphatic heterocycles. The monoisotopic (exact) mass is 309 g/mol. The summed E-state index contributed by atoms with van der Waals surface area (Å²) in [5.74, 6) is 0. The molecule has 2 rings (SSSR count). The predicted molar refractivity (Wildman–Crippen MR) is 80.5 cm³/mol. The fourth-order valence-corrected chi connectivity index (χ4v) is 1.84. The molecule has 1 aromatic heterocycles. The summed E-state index contributed by atoms with van der Waals surface area (Å²) in [6.45, 7) is 6.46. The van der Waals surface area contributed by atoms with Crippen molar-refractivity contribution in [2.75, 3.05) is 5.32 Å². The Kier molecular flexibility index (Phi) is 4.13. The smallest absolute Gasteiger partial charge is 0.271 e. The zero-order valence-electron chi connectivity index (χ0n) is 12.0. The highest BCUT2D eigenvalue weighted by Gasteiger charge is 2.15. The summed E-state index contributed by atoms with van der Waals surface area (Å²) < 4.78 is 1.76. The standard InChI is InChI=1S/C13H16ClN5O2/c1-13(2,3)18-8-9(16-17-18)7-15-12-6-10(19(20)21)4-5-11(12)14/h4-6,8,15H,7H2,1-3H3. The Bertz CT molecular complexity index is 663. The number of rotatable bonds is 4. The number of anilines is 1. The van der Waals surface area contributed by atoms with Crippen molar-refractivity contribution >= 4 is 23.0 Å². The molecular weight excluding hydrogens is 294 g/mol. The molecule has 0 amide bonds. The van der Waals surface area contributed by atoms with Gasteiger partial charge in [-0.3, -0.25) is 10.1 Å². The molecule has 0 fully saturated rings. The van der Waals surface area contributed by atoms with Crippen LogP contribution in [-0.4, -0.2) is 19.9 Å². The van der Waals surface area contributed by atoms with Crippen LogP contribution in [-0.2, 0) is 12.1 Å². The van der Waals surface area contributed by atoms with E-state index in [1.165, 1.54) is 18.2 Å². The third-order valence-corrected chi connectivity index (χ3v) is 3.18. The van der Waals surface area contributed by atoms with Gasteiger partial charge in [-0.25, -0.2) is 4.68 Å². The van der Waals surface area contributed by atoms with Gasteiger partial charge >= 0.3 is 0 Å². The van der Waals surface area contributed by atoms with Crippen molar-refractivity contribution in [3.63, 3.8) is 0 Å². The lowest BCUT2D eigenvalue weighted by molar-refractivity contribution is -0.384. The maximum atomic E-state index is 10.8. The van der Waals surface area contributed by atoms with Crippen LogP contribution in [0.15, 0.2) is 24.4 Å². The maximum absolute atomic E-state index is 10.8. The molecule has 1 N–H and O–H groups in total. The van der Waals surface area contributed by atoms with Crippen LogP contribution in [0, 0.1) is 10.1 Å². The Morgan fingerprint density at radius 3 is 2.71 bits per heavy atom. The van der Waals surface area contributed by atoms with Crippen molar-refractivity contribution < 1.29 is 4.92 Å². The van der Waals surface area contributed by atoms with Crippen molar-refractivity contribution in [2.45, 2.75) is 32.9 Å². The van der Waals surface area contributed by atoms with Crippen molar-refractivity contribution in [1.29, 1.82) is 0 Å². The molecule has 7 nitrogen and oxygen atoms in total. The first-order chi connectivity index (χ1) is 9.77. The molecule has 0 spiro atoms. The van der Waals surface area contributed by atoms with Gasteiger partial charge in [0.05, 0.1) is 33.9 Å². The molecule has 0 saturated heterocycles. The van der Waals surface area contributed by atoms with Crippen LogP contribution < -0.4 is 5.32 Å². The molecule has 0 unspecified atom stereocenters. The van der Waals surface area contributed by atoms with Crippen molar-refractivity contribution in [3.05, 3.63) is 45.2 Å². The van der Waals surface area contributed by atoms with Gasteiger partial charge in [0.15, 0.2) is 0 Å². The average Bonchev–Trinajstić information content (AvgIpc) is 2.86. The molecule has 112 valence electrons. The molecule has 0 radical (unpaired) electrons. The summed E-state index contributed by atoms with van der Waals surface area (Å²) in [5, 5.41) is 22.3. The summed E-state index contributed by atoms with van der Waals surface area (Å²) >= 11 is 6.02. The summed E-state index contributed by atoms with van der Waals surface area (Å²) in [5.41, 5.74) is 1.07. The highest BCUT2D eigenvalue weighted by Crippen LogP contribution is 2.27. The fourth-order valence-electron chi connectivity index (χ4n) is 1.66. The van der Waals surface area contributed by atoms with Crippen LogP contribution >= 0.6 is 11.6 Å². The normalized spacial score (nSPS) is 11.4. The molecule has 0 atom stereocenters. The minimum Gasteiger partial charge on any atom is -0.378 e. The van der Waals surface area contributed by atoms with Gasteiger partial charge in [-0.15, -0.1) is 5.10 Å².